The predicted molar refractivity (Wildman–Crippen MR) is 107 cm³/mol. The lowest BCUT2D eigenvalue weighted by Crippen LogP contribution is -2.57. The van der Waals surface area contributed by atoms with Crippen molar-refractivity contribution in [3.05, 3.63) is 28.8 Å². The minimum absolute atomic E-state index is 0.0559. The number of hydrogen-bond acceptors (Lipinski definition) is 4. The molecule has 2 saturated heterocycles. The topological polar surface area (TPSA) is 86.8 Å². The molecule has 0 aromatic heterocycles. The number of halogens is 3. The number of piperazine rings is 1. The molecule has 2 aliphatic heterocycles. The Hall–Kier alpha value is -2.14. The highest BCUT2D eigenvalue weighted by Gasteiger charge is 2.47. The number of alkyl halides is 3. The molecule has 1 aromatic carbocycles. The molecule has 0 unspecified atom stereocenters. The molecule has 3 rings (SSSR count). The van der Waals surface area contributed by atoms with Crippen molar-refractivity contribution in [2.45, 2.75) is 50.7 Å². The Kier molecular flexibility index (Phi) is 6.39. The number of hydrogen-bond donors (Lipinski definition) is 1. The number of carbonyl (C=O) groups excluding carboxylic acids is 2. The summed E-state index contributed by atoms with van der Waals surface area (Å²) in [4.78, 5) is 26.4. The van der Waals surface area contributed by atoms with E-state index in [1.807, 2.05) is 12.2 Å². The molecule has 31 heavy (non-hydrogen) atoms. The largest absolute Gasteiger partial charge is 0.408 e. The van der Waals surface area contributed by atoms with Gasteiger partial charge < -0.3 is 10.2 Å². The second-order valence-electron chi connectivity index (χ2n) is 8.19. The zero-order chi connectivity index (χ0) is 23.1. The van der Waals surface area contributed by atoms with Gasteiger partial charge in [0.05, 0.1) is 4.90 Å². The molecule has 0 bridgehead atoms. The highest BCUT2D eigenvalue weighted by Crippen LogP contribution is 2.30. The third-order valence-corrected chi connectivity index (χ3v) is 8.03. The summed E-state index contributed by atoms with van der Waals surface area (Å²) in [5.74, 6) is -2.67. The van der Waals surface area contributed by atoms with E-state index < -0.39 is 40.0 Å². The number of carbonyl (C=O) groups is 2. The minimum atomic E-state index is -4.55. The van der Waals surface area contributed by atoms with Gasteiger partial charge in [0.2, 0.25) is 21.8 Å². The number of amides is 2. The number of benzene rings is 1. The van der Waals surface area contributed by atoms with Crippen molar-refractivity contribution in [2.24, 2.45) is 5.92 Å². The third-order valence-electron chi connectivity index (χ3n) is 5.82. The van der Waals surface area contributed by atoms with E-state index in [2.05, 4.69) is 0 Å². The monoisotopic (exact) mass is 461 g/mol. The summed E-state index contributed by atoms with van der Waals surface area (Å²) in [6.45, 7) is 5.63. The Morgan fingerprint density at radius 1 is 1.03 bits per heavy atom. The van der Waals surface area contributed by atoms with Crippen LogP contribution in [0.5, 0.6) is 0 Å². The summed E-state index contributed by atoms with van der Waals surface area (Å²) in [5.41, 5.74) is 2.26. The van der Waals surface area contributed by atoms with Crippen molar-refractivity contribution in [1.82, 2.24) is 14.5 Å². The Morgan fingerprint density at radius 3 is 2.06 bits per heavy atom. The lowest BCUT2D eigenvalue weighted by Gasteiger charge is -2.37. The van der Waals surface area contributed by atoms with Crippen molar-refractivity contribution in [1.29, 1.82) is 0 Å². The first-order valence-electron chi connectivity index (χ1n) is 10.1. The molecule has 1 aromatic rings. The molecule has 0 aliphatic carbocycles. The molecule has 7 nitrogen and oxygen atoms in total. The van der Waals surface area contributed by atoms with Gasteiger partial charge in [-0.25, -0.2) is 8.42 Å². The molecule has 0 saturated carbocycles. The predicted octanol–water partition coefficient (Wildman–Crippen LogP) is 1.90. The van der Waals surface area contributed by atoms with Gasteiger partial charge >= 0.3 is 6.18 Å². The highest BCUT2D eigenvalue weighted by molar-refractivity contribution is 7.89. The number of nitrogens with zero attached hydrogens (tertiary/aromatic N) is 2. The van der Waals surface area contributed by atoms with Crippen LogP contribution in [0.3, 0.4) is 0 Å². The summed E-state index contributed by atoms with van der Waals surface area (Å²) in [6, 6.07) is 1.66. The molecule has 172 valence electrons. The van der Waals surface area contributed by atoms with Crippen molar-refractivity contribution in [3.8, 4) is 0 Å². The quantitative estimate of drug-likeness (QED) is 0.697. The van der Waals surface area contributed by atoms with E-state index in [1.165, 1.54) is 9.21 Å². The van der Waals surface area contributed by atoms with Crippen LogP contribution < -0.4 is 5.32 Å². The molecule has 2 amide bonds. The van der Waals surface area contributed by atoms with Gasteiger partial charge in [0.1, 0.15) is 12.0 Å². The van der Waals surface area contributed by atoms with E-state index in [0.717, 1.165) is 5.56 Å². The second kappa shape index (κ2) is 8.42. The van der Waals surface area contributed by atoms with Gasteiger partial charge in [-0.2, -0.15) is 17.5 Å². The van der Waals surface area contributed by atoms with Crippen LogP contribution in [0.1, 0.15) is 29.5 Å². The summed E-state index contributed by atoms with van der Waals surface area (Å²) < 4.78 is 66.0. The fourth-order valence-corrected chi connectivity index (χ4v) is 6.20. The smallest absolute Gasteiger partial charge is 0.344 e. The van der Waals surface area contributed by atoms with E-state index in [0.29, 0.717) is 11.1 Å². The van der Waals surface area contributed by atoms with Crippen LogP contribution in [0, 0.1) is 26.7 Å². The van der Waals surface area contributed by atoms with Crippen molar-refractivity contribution in [3.63, 3.8) is 0 Å². The Morgan fingerprint density at radius 2 is 1.58 bits per heavy atom. The van der Waals surface area contributed by atoms with Crippen LogP contribution in [0.2, 0.25) is 0 Å². The third kappa shape index (κ3) is 4.72. The molecular formula is C20H26F3N3O4S. The van der Waals surface area contributed by atoms with Crippen LogP contribution >= 0.6 is 0 Å². The van der Waals surface area contributed by atoms with Gasteiger partial charge in [-0.15, -0.1) is 0 Å². The van der Waals surface area contributed by atoms with Crippen LogP contribution in [0.4, 0.5) is 13.2 Å². The maximum Gasteiger partial charge on any atom is 0.408 e. The van der Waals surface area contributed by atoms with Crippen LogP contribution in [-0.4, -0.2) is 67.8 Å². The van der Waals surface area contributed by atoms with Crippen molar-refractivity contribution in [2.75, 3.05) is 26.2 Å². The van der Waals surface area contributed by atoms with Crippen molar-refractivity contribution < 1.29 is 31.2 Å². The van der Waals surface area contributed by atoms with Crippen LogP contribution in [-0.2, 0) is 19.6 Å². The number of aryl methyl sites for hydroxylation is 3. The van der Waals surface area contributed by atoms with E-state index in [-0.39, 0.29) is 43.9 Å². The fourth-order valence-electron chi connectivity index (χ4n) is 4.36. The second-order valence-corrected chi connectivity index (χ2v) is 10.1. The van der Waals surface area contributed by atoms with E-state index in [9.17, 15) is 31.2 Å². The van der Waals surface area contributed by atoms with E-state index in [1.54, 1.807) is 26.0 Å². The molecular weight excluding hydrogens is 435 g/mol. The molecule has 2 aliphatic rings. The Bertz CT molecular complexity index is 963. The SMILES string of the molecule is Cc1cc(C)c(S(=O)(=O)N2CCN(C(=O)[C@H]3CC[C@H](C(F)(F)F)NC3=O)CC2)c(C)c1. The Balaban J connectivity index is 1.66. The zero-order valence-electron chi connectivity index (χ0n) is 17.6. The maximum absolute atomic E-state index is 13.2. The number of rotatable bonds is 3. The van der Waals surface area contributed by atoms with Crippen LogP contribution in [0.25, 0.3) is 0 Å². The van der Waals surface area contributed by atoms with Gasteiger partial charge in [0.15, 0.2) is 0 Å². The first-order valence-corrected chi connectivity index (χ1v) is 11.5. The molecule has 0 spiro atoms. The molecule has 2 fully saturated rings. The molecule has 11 heteroatoms. The van der Waals surface area contributed by atoms with Gasteiger partial charge in [-0.3, -0.25) is 9.59 Å². The molecule has 1 N–H and O–H groups in total. The normalized spacial score (nSPS) is 23.5. The van der Waals surface area contributed by atoms with Gasteiger partial charge in [0.25, 0.3) is 0 Å². The average Bonchev–Trinajstić information content (AvgIpc) is 2.65. The van der Waals surface area contributed by atoms with Gasteiger partial charge in [0, 0.05) is 26.2 Å². The lowest BCUT2D eigenvalue weighted by molar-refractivity contribution is -0.172. The van der Waals surface area contributed by atoms with Crippen molar-refractivity contribution >= 4 is 21.8 Å². The fraction of sp³-hybridized carbons (Fsp3) is 0.600. The molecule has 0 radical (unpaired) electrons. The van der Waals surface area contributed by atoms with E-state index in [4.69, 9.17) is 0 Å². The number of sulfonamides is 1. The number of nitrogens with one attached hydrogen (secondary N) is 1. The average molecular weight is 462 g/mol. The highest BCUT2D eigenvalue weighted by atomic mass is 32.2. The van der Waals surface area contributed by atoms with Gasteiger partial charge in [-0.1, -0.05) is 17.7 Å². The number of piperidine rings is 1. The first-order chi connectivity index (χ1) is 14.3. The minimum Gasteiger partial charge on any atom is -0.344 e. The molecule has 2 atom stereocenters. The summed E-state index contributed by atoms with van der Waals surface area (Å²) in [5, 5.41) is 1.88. The zero-order valence-corrected chi connectivity index (χ0v) is 18.4. The standard InChI is InChI=1S/C20H26F3N3O4S/c1-12-10-13(2)17(14(3)11-12)31(29,30)26-8-6-25(7-9-26)19(28)15-4-5-16(20(21,22)23)24-18(15)27/h10-11,15-16H,4-9H2,1-3H3,(H,24,27)/t15-,16+/m0/s1. The lowest BCUT2D eigenvalue weighted by atomic mass is 9.92. The maximum atomic E-state index is 13.2. The Labute approximate surface area is 179 Å². The van der Waals surface area contributed by atoms with Gasteiger partial charge in [-0.05, 0) is 44.7 Å². The first kappa shape index (κ1) is 23.5. The van der Waals surface area contributed by atoms with E-state index >= 15 is 0 Å². The summed E-state index contributed by atoms with van der Waals surface area (Å²) in [6.07, 6.45) is -5.09. The molecule has 2 heterocycles. The summed E-state index contributed by atoms with van der Waals surface area (Å²) >= 11 is 0. The van der Waals surface area contributed by atoms with Crippen LogP contribution in [0.15, 0.2) is 17.0 Å². The summed E-state index contributed by atoms with van der Waals surface area (Å²) in [7, 11) is -3.76.